The van der Waals surface area contributed by atoms with Crippen LogP contribution in [0.3, 0.4) is 0 Å². The lowest BCUT2D eigenvalue weighted by molar-refractivity contribution is 0.214. The second-order valence-electron chi connectivity index (χ2n) is 4.16. The molecule has 0 aromatic rings. The summed E-state index contributed by atoms with van der Waals surface area (Å²) in [7, 11) is 2.18. The van der Waals surface area contributed by atoms with Gasteiger partial charge >= 0.3 is 0 Å². The molecule has 0 unspecified atom stereocenters. The zero-order valence-electron chi connectivity index (χ0n) is 10.1. The predicted octanol–water partition coefficient (Wildman–Crippen LogP) is 1.51. The van der Waals surface area contributed by atoms with E-state index in [9.17, 15) is 0 Å². The molecule has 0 radical (unpaired) electrons. The monoisotopic (exact) mass is 240 g/mol. The van der Waals surface area contributed by atoms with Gasteiger partial charge in [0.25, 0.3) is 0 Å². The van der Waals surface area contributed by atoms with Crippen LogP contribution < -0.4 is 5.32 Å². The molecule has 0 bridgehead atoms. The molecular formula is C11H20N4S. The standard InChI is InChI=1S/C11H20N4S/c1-15-7-4-10(5-8-15)3-6-13-11(16-2)14-9-12/h10H,3-8H2,1-2H3,(H,13,14). The Morgan fingerprint density at radius 3 is 2.81 bits per heavy atom. The molecule has 0 spiro atoms. The summed E-state index contributed by atoms with van der Waals surface area (Å²) in [6.07, 6.45) is 7.55. The van der Waals surface area contributed by atoms with Crippen molar-refractivity contribution in [2.45, 2.75) is 19.3 Å². The number of piperidine rings is 1. The van der Waals surface area contributed by atoms with E-state index in [1.807, 2.05) is 12.4 Å². The summed E-state index contributed by atoms with van der Waals surface area (Å²) >= 11 is 1.49. The molecule has 0 amide bonds. The van der Waals surface area contributed by atoms with Crippen molar-refractivity contribution in [1.82, 2.24) is 10.2 Å². The number of nitrogens with one attached hydrogen (secondary N) is 1. The SMILES string of the molecule is CSC(=NCCC1CCN(C)CC1)NC#N. The van der Waals surface area contributed by atoms with Gasteiger partial charge in [0.2, 0.25) is 0 Å². The first kappa shape index (κ1) is 13.3. The Kier molecular flexibility index (Phi) is 6.27. The maximum Gasteiger partial charge on any atom is 0.183 e. The molecule has 0 aliphatic carbocycles. The number of rotatable bonds is 3. The summed E-state index contributed by atoms with van der Waals surface area (Å²) in [6, 6.07) is 0. The normalized spacial score (nSPS) is 19.4. The molecule has 1 fully saturated rings. The summed E-state index contributed by atoms with van der Waals surface area (Å²) in [6.45, 7) is 3.25. The van der Waals surface area contributed by atoms with Gasteiger partial charge in [-0.25, -0.2) is 0 Å². The molecule has 0 saturated carbocycles. The Balaban J connectivity index is 2.21. The van der Waals surface area contributed by atoms with E-state index in [0.29, 0.717) is 0 Å². The number of hydrogen-bond donors (Lipinski definition) is 1. The summed E-state index contributed by atoms with van der Waals surface area (Å²) in [4.78, 5) is 6.76. The van der Waals surface area contributed by atoms with Crippen LogP contribution in [-0.2, 0) is 0 Å². The van der Waals surface area contributed by atoms with Gasteiger partial charge in [-0.05, 0) is 51.6 Å². The fourth-order valence-electron chi connectivity index (χ4n) is 1.90. The van der Waals surface area contributed by atoms with Crippen molar-refractivity contribution in [3.05, 3.63) is 0 Å². The molecule has 1 N–H and O–H groups in total. The Morgan fingerprint density at radius 2 is 2.25 bits per heavy atom. The third-order valence-electron chi connectivity index (χ3n) is 2.99. The number of thioether (sulfide) groups is 1. The highest BCUT2D eigenvalue weighted by Crippen LogP contribution is 2.19. The first-order valence-corrected chi connectivity index (χ1v) is 6.90. The van der Waals surface area contributed by atoms with Crippen molar-refractivity contribution < 1.29 is 0 Å². The van der Waals surface area contributed by atoms with Crippen molar-refractivity contribution in [2.24, 2.45) is 10.9 Å². The van der Waals surface area contributed by atoms with Crippen LogP contribution in [0.25, 0.3) is 0 Å². The summed E-state index contributed by atoms with van der Waals surface area (Å²) in [5.41, 5.74) is 0. The van der Waals surface area contributed by atoms with Gasteiger partial charge in [0.1, 0.15) is 0 Å². The molecule has 0 aromatic heterocycles. The molecule has 16 heavy (non-hydrogen) atoms. The highest BCUT2D eigenvalue weighted by Gasteiger charge is 2.15. The summed E-state index contributed by atoms with van der Waals surface area (Å²) < 4.78 is 0. The minimum absolute atomic E-state index is 0.732. The van der Waals surface area contributed by atoms with Crippen LogP contribution in [0.2, 0.25) is 0 Å². The Morgan fingerprint density at radius 1 is 1.56 bits per heavy atom. The highest BCUT2D eigenvalue weighted by molar-refractivity contribution is 8.13. The van der Waals surface area contributed by atoms with Crippen molar-refractivity contribution in [3.8, 4) is 6.19 Å². The van der Waals surface area contributed by atoms with Crippen LogP contribution in [0.1, 0.15) is 19.3 Å². The minimum atomic E-state index is 0.732. The van der Waals surface area contributed by atoms with Gasteiger partial charge in [0.05, 0.1) is 0 Å². The van der Waals surface area contributed by atoms with E-state index in [0.717, 1.165) is 24.1 Å². The average Bonchev–Trinajstić information content (AvgIpc) is 2.30. The van der Waals surface area contributed by atoms with Gasteiger partial charge in [-0.15, -0.1) is 0 Å². The maximum atomic E-state index is 8.48. The molecule has 1 heterocycles. The van der Waals surface area contributed by atoms with Gasteiger partial charge in [-0.3, -0.25) is 10.3 Å². The zero-order chi connectivity index (χ0) is 11.8. The largest absolute Gasteiger partial charge is 0.306 e. The summed E-state index contributed by atoms with van der Waals surface area (Å²) in [5.74, 6) is 0.810. The number of aliphatic imine (C=N–C) groups is 1. The first-order chi connectivity index (χ1) is 7.76. The number of hydrogen-bond acceptors (Lipinski definition) is 4. The van der Waals surface area contributed by atoms with Crippen molar-refractivity contribution in [1.29, 1.82) is 5.26 Å². The van der Waals surface area contributed by atoms with E-state index in [2.05, 4.69) is 22.3 Å². The molecular weight excluding hydrogens is 220 g/mol. The Hall–Kier alpha value is -0.730. The third-order valence-corrected chi connectivity index (χ3v) is 3.60. The Bertz CT molecular complexity index is 264. The lowest BCUT2D eigenvalue weighted by Gasteiger charge is -2.28. The van der Waals surface area contributed by atoms with Gasteiger partial charge < -0.3 is 4.90 Å². The van der Waals surface area contributed by atoms with E-state index in [1.165, 1.54) is 37.7 Å². The van der Waals surface area contributed by atoms with Crippen LogP contribution in [0.4, 0.5) is 0 Å². The molecule has 0 atom stereocenters. The molecule has 5 heteroatoms. The van der Waals surface area contributed by atoms with E-state index < -0.39 is 0 Å². The molecule has 4 nitrogen and oxygen atoms in total. The lowest BCUT2D eigenvalue weighted by atomic mass is 9.94. The number of likely N-dealkylation sites (tertiary alicyclic amines) is 1. The maximum absolute atomic E-state index is 8.48. The first-order valence-electron chi connectivity index (χ1n) is 5.68. The van der Waals surface area contributed by atoms with Crippen molar-refractivity contribution in [3.63, 3.8) is 0 Å². The number of nitriles is 1. The van der Waals surface area contributed by atoms with Gasteiger partial charge in [0.15, 0.2) is 11.4 Å². The molecule has 0 aromatic carbocycles. The van der Waals surface area contributed by atoms with E-state index in [-0.39, 0.29) is 0 Å². The van der Waals surface area contributed by atoms with E-state index in [1.54, 1.807) is 0 Å². The smallest absolute Gasteiger partial charge is 0.183 e. The third kappa shape index (κ3) is 4.86. The minimum Gasteiger partial charge on any atom is -0.306 e. The molecule has 1 aliphatic rings. The lowest BCUT2D eigenvalue weighted by Crippen LogP contribution is -2.30. The van der Waals surface area contributed by atoms with Gasteiger partial charge in [-0.2, -0.15) is 5.26 Å². The van der Waals surface area contributed by atoms with Crippen molar-refractivity contribution >= 4 is 16.9 Å². The molecule has 1 saturated heterocycles. The topological polar surface area (TPSA) is 51.4 Å². The quantitative estimate of drug-likeness (QED) is 0.351. The van der Waals surface area contributed by atoms with Gasteiger partial charge in [0, 0.05) is 6.54 Å². The second kappa shape index (κ2) is 7.53. The highest BCUT2D eigenvalue weighted by atomic mass is 32.2. The van der Waals surface area contributed by atoms with Crippen LogP contribution in [0.15, 0.2) is 4.99 Å². The van der Waals surface area contributed by atoms with E-state index >= 15 is 0 Å². The number of nitrogens with zero attached hydrogens (tertiary/aromatic N) is 3. The fourth-order valence-corrected chi connectivity index (χ4v) is 2.27. The Labute approximate surface area is 102 Å². The average molecular weight is 240 g/mol. The predicted molar refractivity (Wildman–Crippen MR) is 69.4 cm³/mol. The van der Waals surface area contributed by atoms with Gasteiger partial charge in [-0.1, -0.05) is 11.8 Å². The van der Waals surface area contributed by atoms with Crippen LogP contribution in [0.5, 0.6) is 0 Å². The summed E-state index contributed by atoms with van der Waals surface area (Å²) in [5, 5.41) is 11.8. The van der Waals surface area contributed by atoms with Crippen LogP contribution in [-0.4, -0.2) is 43.0 Å². The zero-order valence-corrected chi connectivity index (χ0v) is 10.9. The second-order valence-corrected chi connectivity index (χ2v) is 4.96. The van der Waals surface area contributed by atoms with Crippen molar-refractivity contribution in [2.75, 3.05) is 32.9 Å². The molecule has 90 valence electrons. The number of amidine groups is 1. The fraction of sp³-hybridized carbons (Fsp3) is 0.818. The molecule has 1 rings (SSSR count). The van der Waals surface area contributed by atoms with E-state index in [4.69, 9.17) is 5.26 Å². The van der Waals surface area contributed by atoms with Crippen LogP contribution in [0, 0.1) is 17.4 Å². The molecule has 1 aliphatic heterocycles. The van der Waals surface area contributed by atoms with Crippen LogP contribution >= 0.6 is 11.8 Å².